The van der Waals surface area contributed by atoms with Gasteiger partial charge in [-0.15, -0.1) is 0 Å². The van der Waals surface area contributed by atoms with Crippen LogP contribution in [0, 0.1) is 16.7 Å². The van der Waals surface area contributed by atoms with E-state index in [0.717, 1.165) is 25.7 Å². The number of aliphatic hydroxyl groups is 1. The molecule has 0 heterocycles. The second-order valence-electron chi connectivity index (χ2n) is 5.25. The Morgan fingerprint density at radius 1 is 1.41 bits per heavy atom. The fourth-order valence-corrected chi connectivity index (χ4v) is 2.36. The normalized spacial score (nSPS) is 17.5. The molecule has 0 aromatic heterocycles. The van der Waals surface area contributed by atoms with Crippen molar-refractivity contribution in [2.45, 2.75) is 52.0 Å². The molecule has 4 heteroatoms. The molecule has 1 amide bonds. The molecule has 0 aliphatic heterocycles. The Kier molecular flexibility index (Phi) is 4.95. The van der Waals surface area contributed by atoms with Crippen LogP contribution < -0.4 is 0 Å². The van der Waals surface area contributed by atoms with E-state index in [2.05, 4.69) is 0 Å². The van der Waals surface area contributed by atoms with Crippen molar-refractivity contribution in [3.05, 3.63) is 0 Å². The third-order valence-corrected chi connectivity index (χ3v) is 3.43. The maximum Gasteiger partial charge on any atom is 0.242 e. The van der Waals surface area contributed by atoms with Crippen LogP contribution in [0.15, 0.2) is 0 Å². The van der Waals surface area contributed by atoms with Gasteiger partial charge in [0, 0.05) is 12.6 Å². The quantitative estimate of drug-likeness (QED) is 0.810. The van der Waals surface area contributed by atoms with Crippen LogP contribution in [0.5, 0.6) is 0 Å². The van der Waals surface area contributed by atoms with Gasteiger partial charge in [0.1, 0.15) is 5.41 Å². The molecule has 1 aliphatic rings. The summed E-state index contributed by atoms with van der Waals surface area (Å²) in [5.74, 6) is -0.152. The molecular formula is C13H22N2O2. The summed E-state index contributed by atoms with van der Waals surface area (Å²) in [4.78, 5) is 14.0. The number of carbonyl (C=O) groups is 1. The van der Waals surface area contributed by atoms with Crippen LogP contribution in [0.4, 0.5) is 0 Å². The first-order valence-corrected chi connectivity index (χ1v) is 6.36. The summed E-state index contributed by atoms with van der Waals surface area (Å²) in [6, 6.07) is 2.25. The van der Waals surface area contributed by atoms with Gasteiger partial charge in [-0.05, 0) is 26.7 Å². The summed E-state index contributed by atoms with van der Waals surface area (Å²) in [5.41, 5.74) is -0.993. The van der Waals surface area contributed by atoms with Crippen LogP contribution in [0.25, 0.3) is 0 Å². The van der Waals surface area contributed by atoms with E-state index < -0.39 is 5.41 Å². The average molecular weight is 238 g/mol. The zero-order valence-electron chi connectivity index (χ0n) is 10.8. The fraction of sp³-hybridized carbons (Fsp3) is 0.846. The van der Waals surface area contributed by atoms with E-state index in [-0.39, 0.29) is 18.6 Å². The molecule has 0 bridgehead atoms. The van der Waals surface area contributed by atoms with E-state index in [4.69, 9.17) is 10.4 Å². The van der Waals surface area contributed by atoms with Gasteiger partial charge < -0.3 is 10.0 Å². The van der Waals surface area contributed by atoms with E-state index >= 15 is 0 Å². The van der Waals surface area contributed by atoms with Crippen LogP contribution in [0.3, 0.4) is 0 Å². The Labute approximate surface area is 103 Å². The van der Waals surface area contributed by atoms with Crippen molar-refractivity contribution in [2.24, 2.45) is 5.41 Å². The molecule has 0 saturated heterocycles. The number of amides is 1. The van der Waals surface area contributed by atoms with Gasteiger partial charge in [0.05, 0.1) is 12.7 Å². The highest BCUT2D eigenvalue weighted by molar-refractivity contribution is 5.84. The molecule has 1 saturated carbocycles. The van der Waals surface area contributed by atoms with E-state index in [1.165, 1.54) is 6.42 Å². The van der Waals surface area contributed by atoms with Crippen molar-refractivity contribution in [1.29, 1.82) is 5.26 Å². The van der Waals surface area contributed by atoms with Crippen LogP contribution in [0.1, 0.15) is 46.0 Å². The van der Waals surface area contributed by atoms with Gasteiger partial charge in [-0.25, -0.2) is 0 Å². The monoisotopic (exact) mass is 238 g/mol. The van der Waals surface area contributed by atoms with E-state index in [1.54, 1.807) is 18.7 Å². The molecule has 0 aromatic carbocycles. The lowest BCUT2D eigenvalue weighted by Crippen LogP contribution is -2.48. The van der Waals surface area contributed by atoms with E-state index in [0.29, 0.717) is 6.54 Å². The lowest BCUT2D eigenvalue weighted by Gasteiger charge is -2.36. The molecule has 1 fully saturated rings. The minimum Gasteiger partial charge on any atom is -0.395 e. The molecule has 1 aliphatic carbocycles. The molecule has 4 nitrogen and oxygen atoms in total. The Balaban J connectivity index is 2.77. The van der Waals surface area contributed by atoms with Gasteiger partial charge in [-0.3, -0.25) is 4.79 Å². The smallest absolute Gasteiger partial charge is 0.242 e. The Bertz CT molecular complexity index is 301. The fourth-order valence-electron chi connectivity index (χ4n) is 2.36. The number of nitrogens with zero attached hydrogens (tertiary/aromatic N) is 2. The number of hydrogen-bond donors (Lipinski definition) is 1. The lowest BCUT2D eigenvalue weighted by atomic mass is 9.89. The summed E-state index contributed by atoms with van der Waals surface area (Å²) in [5, 5.41) is 18.1. The molecule has 1 rings (SSSR count). The highest BCUT2D eigenvalue weighted by Crippen LogP contribution is 2.26. The SMILES string of the molecule is CC(C)(C#N)C(=O)N(CCO)C1CCCCC1. The minimum absolute atomic E-state index is 0.0379. The number of carbonyl (C=O) groups excluding carboxylic acids is 1. The highest BCUT2D eigenvalue weighted by Gasteiger charge is 2.35. The molecule has 1 N–H and O–H groups in total. The summed E-state index contributed by atoms with van der Waals surface area (Å²) in [6.07, 6.45) is 5.47. The van der Waals surface area contributed by atoms with Crippen molar-refractivity contribution in [2.75, 3.05) is 13.2 Å². The number of aliphatic hydroxyl groups excluding tert-OH is 1. The second kappa shape index (κ2) is 6.02. The van der Waals surface area contributed by atoms with Gasteiger partial charge in [0.15, 0.2) is 0 Å². The van der Waals surface area contributed by atoms with Crippen molar-refractivity contribution >= 4 is 5.91 Å². The van der Waals surface area contributed by atoms with Gasteiger partial charge in [-0.1, -0.05) is 19.3 Å². The van der Waals surface area contributed by atoms with Crippen LogP contribution in [-0.4, -0.2) is 35.1 Å². The van der Waals surface area contributed by atoms with Gasteiger partial charge in [-0.2, -0.15) is 5.26 Å². The number of nitriles is 1. The van der Waals surface area contributed by atoms with Gasteiger partial charge in [0.25, 0.3) is 0 Å². The standard InChI is InChI=1S/C13H22N2O2/c1-13(2,10-14)12(17)15(8-9-16)11-6-4-3-5-7-11/h11,16H,3-9H2,1-2H3. The second-order valence-corrected chi connectivity index (χ2v) is 5.25. The first kappa shape index (κ1) is 14.0. The Hall–Kier alpha value is -1.08. The molecule has 0 radical (unpaired) electrons. The van der Waals surface area contributed by atoms with Crippen molar-refractivity contribution < 1.29 is 9.90 Å². The third kappa shape index (κ3) is 3.44. The maximum atomic E-state index is 12.3. The molecule has 0 aromatic rings. The molecule has 0 spiro atoms. The predicted octanol–water partition coefficient (Wildman–Crippen LogP) is 1.69. The van der Waals surface area contributed by atoms with Crippen LogP contribution >= 0.6 is 0 Å². The summed E-state index contributed by atoms with van der Waals surface area (Å²) < 4.78 is 0. The zero-order valence-corrected chi connectivity index (χ0v) is 10.8. The average Bonchev–Trinajstić information content (AvgIpc) is 2.36. The summed E-state index contributed by atoms with van der Waals surface area (Å²) in [6.45, 7) is 3.59. The number of rotatable bonds is 4. The molecular weight excluding hydrogens is 216 g/mol. The topological polar surface area (TPSA) is 64.3 Å². The Morgan fingerprint density at radius 2 is 2.00 bits per heavy atom. The largest absolute Gasteiger partial charge is 0.395 e. The van der Waals surface area contributed by atoms with Gasteiger partial charge >= 0.3 is 0 Å². The summed E-state index contributed by atoms with van der Waals surface area (Å²) in [7, 11) is 0. The molecule has 0 atom stereocenters. The number of hydrogen-bond acceptors (Lipinski definition) is 3. The lowest BCUT2D eigenvalue weighted by molar-refractivity contribution is -0.141. The molecule has 96 valence electrons. The van der Waals surface area contributed by atoms with Crippen LogP contribution in [0.2, 0.25) is 0 Å². The van der Waals surface area contributed by atoms with Gasteiger partial charge in [0.2, 0.25) is 5.91 Å². The first-order valence-electron chi connectivity index (χ1n) is 6.36. The highest BCUT2D eigenvalue weighted by atomic mass is 16.3. The minimum atomic E-state index is -0.993. The van der Waals surface area contributed by atoms with Crippen molar-refractivity contribution in [3.63, 3.8) is 0 Å². The van der Waals surface area contributed by atoms with E-state index in [1.807, 2.05) is 6.07 Å². The predicted molar refractivity (Wildman–Crippen MR) is 65.1 cm³/mol. The van der Waals surface area contributed by atoms with Crippen molar-refractivity contribution in [3.8, 4) is 6.07 Å². The Morgan fingerprint density at radius 3 is 2.47 bits per heavy atom. The maximum absolute atomic E-state index is 12.3. The summed E-state index contributed by atoms with van der Waals surface area (Å²) >= 11 is 0. The zero-order chi connectivity index (χ0) is 12.9. The van der Waals surface area contributed by atoms with Crippen molar-refractivity contribution in [1.82, 2.24) is 4.90 Å². The third-order valence-electron chi connectivity index (χ3n) is 3.43. The van der Waals surface area contributed by atoms with E-state index in [9.17, 15) is 4.79 Å². The molecule has 0 unspecified atom stereocenters. The first-order chi connectivity index (χ1) is 8.03. The van der Waals surface area contributed by atoms with Crippen LogP contribution in [-0.2, 0) is 4.79 Å². The molecule has 17 heavy (non-hydrogen) atoms.